The minimum absolute atomic E-state index is 0.0913. The van der Waals surface area contributed by atoms with Crippen LogP contribution in [0.3, 0.4) is 0 Å². The van der Waals surface area contributed by atoms with Crippen molar-refractivity contribution in [3.8, 4) is 11.1 Å². The van der Waals surface area contributed by atoms with Gasteiger partial charge in [0.05, 0.1) is 24.0 Å². The predicted octanol–water partition coefficient (Wildman–Crippen LogP) is 4.73. The maximum atomic E-state index is 13.0. The molecule has 1 aromatic carbocycles. The molecule has 25 heavy (non-hydrogen) atoms. The molecule has 5 heteroatoms. The van der Waals surface area contributed by atoms with Gasteiger partial charge >= 0.3 is 0 Å². The molecule has 0 aliphatic heterocycles. The molecule has 0 amide bonds. The second kappa shape index (κ2) is 6.76. The number of aromatic nitrogens is 2. The van der Waals surface area contributed by atoms with Crippen molar-refractivity contribution in [3.63, 3.8) is 0 Å². The molecule has 128 valence electrons. The van der Waals surface area contributed by atoms with Gasteiger partial charge in [0.25, 0.3) is 5.56 Å². The van der Waals surface area contributed by atoms with E-state index in [1.807, 2.05) is 25.3 Å². The SMILES string of the molecule is CC(C)=CC(=N)Cn1cnc2scc(-c3ccc(C)c(C)c3)c2c1=O. The van der Waals surface area contributed by atoms with Crippen molar-refractivity contribution < 1.29 is 0 Å². The molecule has 0 atom stereocenters. The maximum Gasteiger partial charge on any atom is 0.263 e. The summed E-state index contributed by atoms with van der Waals surface area (Å²) in [6.45, 7) is 8.26. The highest BCUT2D eigenvalue weighted by Gasteiger charge is 2.14. The van der Waals surface area contributed by atoms with Crippen LogP contribution in [0.1, 0.15) is 25.0 Å². The molecule has 0 saturated carbocycles. The molecule has 3 rings (SSSR count). The lowest BCUT2D eigenvalue weighted by molar-refractivity contribution is 0.792. The highest BCUT2D eigenvalue weighted by Crippen LogP contribution is 2.31. The van der Waals surface area contributed by atoms with E-state index in [4.69, 9.17) is 5.41 Å². The van der Waals surface area contributed by atoms with Gasteiger partial charge in [-0.2, -0.15) is 0 Å². The lowest BCUT2D eigenvalue weighted by Gasteiger charge is -2.07. The zero-order chi connectivity index (χ0) is 18.1. The van der Waals surface area contributed by atoms with E-state index in [1.165, 1.54) is 27.0 Å². The molecule has 0 fully saturated rings. The van der Waals surface area contributed by atoms with E-state index in [-0.39, 0.29) is 12.1 Å². The van der Waals surface area contributed by atoms with E-state index < -0.39 is 0 Å². The minimum Gasteiger partial charge on any atom is -0.303 e. The summed E-state index contributed by atoms with van der Waals surface area (Å²) in [6, 6.07) is 6.23. The standard InChI is InChI=1S/C20H21N3OS/c1-12(2)7-16(21)9-23-11-22-19-18(20(23)24)17(10-25-19)15-6-5-13(3)14(4)8-15/h5-8,10-11,21H,9H2,1-4H3. The van der Waals surface area contributed by atoms with Gasteiger partial charge in [-0.25, -0.2) is 4.98 Å². The van der Waals surface area contributed by atoms with Gasteiger partial charge in [0, 0.05) is 10.9 Å². The zero-order valence-corrected chi connectivity index (χ0v) is 15.7. The average molecular weight is 351 g/mol. The largest absolute Gasteiger partial charge is 0.303 e. The Morgan fingerprint density at radius 3 is 2.72 bits per heavy atom. The number of aryl methyl sites for hydroxylation is 2. The van der Waals surface area contributed by atoms with Crippen molar-refractivity contribution in [1.29, 1.82) is 5.41 Å². The molecule has 0 aliphatic rings. The van der Waals surface area contributed by atoms with Crippen LogP contribution >= 0.6 is 11.3 Å². The Bertz CT molecular complexity index is 1050. The van der Waals surface area contributed by atoms with Crippen LogP contribution in [0.4, 0.5) is 0 Å². The van der Waals surface area contributed by atoms with Gasteiger partial charge < -0.3 is 5.41 Å². The molecule has 0 unspecified atom stereocenters. The van der Waals surface area contributed by atoms with E-state index in [2.05, 4.69) is 31.0 Å². The van der Waals surface area contributed by atoms with E-state index in [1.54, 1.807) is 12.4 Å². The Morgan fingerprint density at radius 1 is 1.28 bits per heavy atom. The Balaban J connectivity index is 2.12. The third kappa shape index (κ3) is 3.46. The van der Waals surface area contributed by atoms with Gasteiger partial charge in [-0.1, -0.05) is 23.8 Å². The van der Waals surface area contributed by atoms with Crippen LogP contribution in [0.2, 0.25) is 0 Å². The second-order valence-electron chi connectivity index (χ2n) is 6.55. The monoisotopic (exact) mass is 351 g/mol. The van der Waals surface area contributed by atoms with Crippen LogP contribution in [0.5, 0.6) is 0 Å². The number of nitrogens with zero attached hydrogens (tertiary/aromatic N) is 2. The van der Waals surface area contributed by atoms with Crippen molar-refractivity contribution in [2.75, 3.05) is 0 Å². The van der Waals surface area contributed by atoms with Crippen LogP contribution in [0.15, 0.2) is 46.4 Å². The second-order valence-corrected chi connectivity index (χ2v) is 7.41. The molecular formula is C20H21N3OS. The lowest BCUT2D eigenvalue weighted by atomic mass is 10.0. The summed E-state index contributed by atoms with van der Waals surface area (Å²) >= 11 is 1.48. The molecule has 0 bridgehead atoms. The van der Waals surface area contributed by atoms with Gasteiger partial charge in [-0.15, -0.1) is 11.3 Å². The van der Waals surface area contributed by atoms with Gasteiger partial charge in [-0.3, -0.25) is 9.36 Å². The summed E-state index contributed by atoms with van der Waals surface area (Å²) in [5.74, 6) is 0. The molecule has 2 heterocycles. The summed E-state index contributed by atoms with van der Waals surface area (Å²) in [6.07, 6.45) is 3.31. The fourth-order valence-electron chi connectivity index (χ4n) is 2.78. The normalized spacial score (nSPS) is 10.9. The quantitative estimate of drug-likeness (QED) is 0.691. The number of nitrogens with one attached hydrogen (secondary N) is 1. The Labute approximate surface area is 151 Å². The molecule has 0 aliphatic carbocycles. The molecule has 0 spiro atoms. The van der Waals surface area contributed by atoms with Crippen molar-refractivity contribution in [3.05, 3.63) is 63.0 Å². The smallest absolute Gasteiger partial charge is 0.263 e. The Morgan fingerprint density at radius 2 is 2.04 bits per heavy atom. The summed E-state index contributed by atoms with van der Waals surface area (Å²) in [7, 11) is 0. The molecule has 0 radical (unpaired) electrons. The van der Waals surface area contributed by atoms with Crippen LogP contribution < -0.4 is 5.56 Å². The molecule has 3 aromatic rings. The molecule has 4 nitrogen and oxygen atoms in total. The highest BCUT2D eigenvalue weighted by molar-refractivity contribution is 7.17. The van der Waals surface area contributed by atoms with Crippen molar-refractivity contribution in [2.24, 2.45) is 0 Å². The predicted molar refractivity (Wildman–Crippen MR) is 106 cm³/mol. The number of thiophene rings is 1. The molecular weight excluding hydrogens is 330 g/mol. The number of hydrogen-bond donors (Lipinski definition) is 1. The maximum absolute atomic E-state index is 13.0. The fraction of sp³-hybridized carbons (Fsp3) is 0.250. The highest BCUT2D eigenvalue weighted by atomic mass is 32.1. The van der Waals surface area contributed by atoms with Crippen LogP contribution in [0.25, 0.3) is 21.3 Å². The lowest BCUT2D eigenvalue weighted by Crippen LogP contribution is -2.23. The van der Waals surface area contributed by atoms with E-state index >= 15 is 0 Å². The molecule has 1 N–H and O–H groups in total. The van der Waals surface area contributed by atoms with Gasteiger partial charge in [0.1, 0.15) is 4.83 Å². The fourth-order valence-corrected chi connectivity index (χ4v) is 3.69. The first-order chi connectivity index (χ1) is 11.9. The summed E-state index contributed by atoms with van der Waals surface area (Å²) in [5, 5.41) is 10.7. The van der Waals surface area contributed by atoms with Crippen molar-refractivity contribution in [2.45, 2.75) is 34.2 Å². The minimum atomic E-state index is -0.0913. The molecule has 2 aromatic heterocycles. The van der Waals surface area contributed by atoms with Gasteiger partial charge in [-0.05, 0) is 50.5 Å². The van der Waals surface area contributed by atoms with Crippen LogP contribution in [0, 0.1) is 19.3 Å². The van der Waals surface area contributed by atoms with Gasteiger partial charge in [0.15, 0.2) is 0 Å². The van der Waals surface area contributed by atoms with Crippen molar-refractivity contribution in [1.82, 2.24) is 9.55 Å². The number of rotatable bonds is 4. The summed E-state index contributed by atoms with van der Waals surface area (Å²) in [5.41, 5.74) is 5.73. The van der Waals surface area contributed by atoms with E-state index in [0.717, 1.165) is 21.5 Å². The van der Waals surface area contributed by atoms with Crippen molar-refractivity contribution >= 4 is 27.3 Å². The van der Waals surface area contributed by atoms with E-state index in [9.17, 15) is 4.79 Å². The third-order valence-electron chi connectivity index (χ3n) is 4.18. The van der Waals surface area contributed by atoms with Crippen LogP contribution in [-0.2, 0) is 6.54 Å². The Kier molecular flexibility index (Phi) is 4.68. The van der Waals surface area contributed by atoms with Gasteiger partial charge in [0.2, 0.25) is 0 Å². The average Bonchev–Trinajstić information content (AvgIpc) is 2.97. The first-order valence-electron chi connectivity index (χ1n) is 8.13. The number of benzene rings is 1. The topological polar surface area (TPSA) is 58.7 Å². The molecule has 0 saturated heterocycles. The van der Waals surface area contributed by atoms with E-state index in [0.29, 0.717) is 11.1 Å². The summed E-state index contributed by atoms with van der Waals surface area (Å²) in [4.78, 5) is 18.1. The number of allylic oxidation sites excluding steroid dienone is 2. The Hall–Kier alpha value is -2.53. The summed E-state index contributed by atoms with van der Waals surface area (Å²) < 4.78 is 1.52. The first-order valence-corrected chi connectivity index (χ1v) is 9.01. The number of fused-ring (bicyclic) bond motifs is 1. The number of hydrogen-bond acceptors (Lipinski definition) is 4. The zero-order valence-electron chi connectivity index (χ0n) is 14.9. The first kappa shape index (κ1) is 17.3. The third-order valence-corrected chi connectivity index (χ3v) is 5.07. The van der Waals surface area contributed by atoms with Crippen LogP contribution in [-0.4, -0.2) is 15.3 Å².